The van der Waals surface area contributed by atoms with Crippen molar-refractivity contribution in [1.82, 2.24) is 4.90 Å². The van der Waals surface area contributed by atoms with Gasteiger partial charge in [0.05, 0.1) is 17.5 Å². The maximum atomic E-state index is 11.4. The maximum Gasteiger partial charge on any atom is 0.153 e. The van der Waals surface area contributed by atoms with Gasteiger partial charge in [-0.05, 0) is 0 Å². The van der Waals surface area contributed by atoms with Gasteiger partial charge >= 0.3 is 0 Å². The van der Waals surface area contributed by atoms with E-state index in [1.54, 1.807) is 6.08 Å². The largest absolute Gasteiger partial charge is 0.349 e. The molecule has 2 heterocycles. The highest BCUT2D eigenvalue weighted by atomic mass is 32.2. The molecule has 0 N–H and O–H groups in total. The predicted molar refractivity (Wildman–Crippen MR) is 63.3 cm³/mol. The number of hydrogen-bond acceptors (Lipinski definition) is 4. The number of thioether (sulfide) groups is 1. The molecule has 2 saturated heterocycles. The second-order valence-electron chi connectivity index (χ2n) is 3.51. The summed E-state index contributed by atoms with van der Waals surface area (Å²) in [6.07, 6.45) is 1.76. The molecule has 78 valence electrons. The Morgan fingerprint density at radius 3 is 3.00 bits per heavy atom. The maximum absolute atomic E-state index is 11.4. The zero-order valence-corrected chi connectivity index (χ0v) is 10.00. The van der Waals surface area contributed by atoms with Crippen molar-refractivity contribution in [1.29, 1.82) is 0 Å². The minimum atomic E-state index is -2.84. The Bertz CT molecular complexity index is 376. The highest BCUT2D eigenvalue weighted by Crippen LogP contribution is 2.37. The molecule has 0 aliphatic carbocycles. The second kappa shape index (κ2) is 3.50. The van der Waals surface area contributed by atoms with Crippen molar-refractivity contribution < 1.29 is 8.42 Å². The number of nitrogens with zero attached hydrogens (tertiary/aromatic N) is 1. The molecule has 2 atom stereocenters. The van der Waals surface area contributed by atoms with Crippen molar-refractivity contribution in [3.8, 4) is 0 Å². The summed E-state index contributed by atoms with van der Waals surface area (Å²) < 4.78 is 23.6. The lowest BCUT2D eigenvalue weighted by atomic mass is 10.2. The Labute approximate surface area is 93.5 Å². The van der Waals surface area contributed by atoms with E-state index in [1.807, 2.05) is 4.90 Å². The van der Waals surface area contributed by atoms with Crippen LogP contribution in [0.15, 0.2) is 12.7 Å². The molecule has 0 aromatic carbocycles. The Balaban J connectivity index is 2.21. The topological polar surface area (TPSA) is 37.4 Å². The summed E-state index contributed by atoms with van der Waals surface area (Å²) in [7, 11) is -2.84. The molecule has 0 aromatic heterocycles. The zero-order chi connectivity index (χ0) is 10.3. The van der Waals surface area contributed by atoms with E-state index >= 15 is 0 Å². The number of thiocarbonyl (C=S) groups is 1. The van der Waals surface area contributed by atoms with Gasteiger partial charge in [-0.15, -0.1) is 6.58 Å². The zero-order valence-electron chi connectivity index (χ0n) is 7.55. The first kappa shape index (κ1) is 10.4. The van der Waals surface area contributed by atoms with E-state index in [2.05, 4.69) is 6.58 Å². The summed E-state index contributed by atoms with van der Waals surface area (Å²) in [4.78, 5) is 1.97. The Morgan fingerprint density at radius 1 is 1.64 bits per heavy atom. The summed E-state index contributed by atoms with van der Waals surface area (Å²) in [5.41, 5.74) is 0. The summed E-state index contributed by atoms with van der Waals surface area (Å²) in [5.74, 6) is 0.523. The molecule has 2 unspecified atom stereocenters. The van der Waals surface area contributed by atoms with E-state index in [4.69, 9.17) is 12.2 Å². The first-order chi connectivity index (χ1) is 6.53. The van der Waals surface area contributed by atoms with E-state index < -0.39 is 9.84 Å². The Hall–Kier alpha value is -0.0700. The van der Waals surface area contributed by atoms with Gasteiger partial charge in [0.1, 0.15) is 4.32 Å². The van der Waals surface area contributed by atoms with Gasteiger partial charge in [0.2, 0.25) is 0 Å². The fourth-order valence-electron chi connectivity index (χ4n) is 1.88. The number of rotatable bonds is 2. The van der Waals surface area contributed by atoms with E-state index in [0.717, 1.165) is 4.32 Å². The third kappa shape index (κ3) is 1.70. The van der Waals surface area contributed by atoms with Gasteiger partial charge in [-0.1, -0.05) is 30.1 Å². The molecular formula is C8H11NO2S3. The predicted octanol–water partition coefficient (Wildman–Crippen LogP) is 0.672. The number of hydrogen-bond donors (Lipinski definition) is 0. The second-order valence-corrected chi connectivity index (χ2v) is 7.53. The molecule has 3 nitrogen and oxygen atoms in total. The summed E-state index contributed by atoms with van der Waals surface area (Å²) >= 11 is 6.70. The Kier molecular flexibility index (Phi) is 2.61. The fourth-order valence-corrected chi connectivity index (χ4v) is 6.27. The monoisotopic (exact) mass is 249 g/mol. The highest BCUT2D eigenvalue weighted by Gasteiger charge is 2.47. The minimum Gasteiger partial charge on any atom is -0.349 e. The lowest BCUT2D eigenvalue weighted by molar-refractivity contribution is 0.396. The summed E-state index contributed by atoms with van der Waals surface area (Å²) in [6, 6.07) is 0.0792. The molecule has 2 fully saturated rings. The normalized spacial score (nSPS) is 34.6. The first-order valence-corrected chi connectivity index (χ1v) is 7.43. The van der Waals surface area contributed by atoms with Crippen LogP contribution in [0.5, 0.6) is 0 Å². The molecule has 0 radical (unpaired) electrons. The molecule has 2 aliphatic heterocycles. The van der Waals surface area contributed by atoms with E-state index in [0.29, 0.717) is 6.54 Å². The molecule has 2 aliphatic rings. The lowest BCUT2D eigenvalue weighted by Gasteiger charge is -2.21. The average Bonchev–Trinajstić information content (AvgIpc) is 2.47. The van der Waals surface area contributed by atoms with Crippen molar-refractivity contribution in [3.63, 3.8) is 0 Å². The molecule has 0 spiro atoms. The SMILES string of the molecule is C=CCN1C(=S)SC2CS(=O)(=O)CC21. The van der Waals surface area contributed by atoms with Crippen LogP contribution in [0.1, 0.15) is 0 Å². The number of fused-ring (bicyclic) bond motifs is 1. The van der Waals surface area contributed by atoms with Crippen LogP contribution < -0.4 is 0 Å². The van der Waals surface area contributed by atoms with Crippen LogP contribution in [0.25, 0.3) is 0 Å². The van der Waals surface area contributed by atoms with Gasteiger partial charge < -0.3 is 4.90 Å². The van der Waals surface area contributed by atoms with Gasteiger partial charge in [0, 0.05) is 11.8 Å². The van der Waals surface area contributed by atoms with Crippen molar-refractivity contribution in [2.24, 2.45) is 0 Å². The number of sulfone groups is 1. The van der Waals surface area contributed by atoms with Gasteiger partial charge in [-0.2, -0.15) is 0 Å². The van der Waals surface area contributed by atoms with Gasteiger partial charge in [-0.3, -0.25) is 0 Å². The first-order valence-electron chi connectivity index (χ1n) is 4.32. The quantitative estimate of drug-likeness (QED) is 0.531. The Morgan fingerprint density at radius 2 is 2.36 bits per heavy atom. The van der Waals surface area contributed by atoms with Crippen molar-refractivity contribution in [3.05, 3.63) is 12.7 Å². The van der Waals surface area contributed by atoms with E-state index in [1.165, 1.54) is 11.8 Å². The van der Waals surface area contributed by atoms with Crippen LogP contribution in [-0.4, -0.2) is 47.0 Å². The highest BCUT2D eigenvalue weighted by molar-refractivity contribution is 8.24. The van der Waals surface area contributed by atoms with Crippen LogP contribution in [0, 0.1) is 0 Å². The fraction of sp³-hybridized carbons (Fsp3) is 0.625. The molecule has 2 rings (SSSR count). The van der Waals surface area contributed by atoms with Crippen LogP contribution in [0.4, 0.5) is 0 Å². The van der Waals surface area contributed by atoms with Crippen molar-refractivity contribution in [2.45, 2.75) is 11.3 Å². The lowest BCUT2D eigenvalue weighted by Crippen LogP contribution is -2.36. The van der Waals surface area contributed by atoms with Crippen molar-refractivity contribution in [2.75, 3.05) is 18.1 Å². The van der Waals surface area contributed by atoms with Gasteiger partial charge in [0.15, 0.2) is 9.84 Å². The molecule has 0 aromatic rings. The van der Waals surface area contributed by atoms with Crippen LogP contribution >= 0.6 is 24.0 Å². The van der Waals surface area contributed by atoms with Crippen LogP contribution in [0.2, 0.25) is 0 Å². The summed E-state index contributed by atoms with van der Waals surface area (Å²) in [5, 5.41) is 0.146. The van der Waals surface area contributed by atoms with Crippen molar-refractivity contribution >= 4 is 38.1 Å². The van der Waals surface area contributed by atoms with Gasteiger partial charge in [0.25, 0.3) is 0 Å². The molecule has 0 bridgehead atoms. The minimum absolute atomic E-state index is 0.0792. The smallest absolute Gasteiger partial charge is 0.153 e. The van der Waals surface area contributed by atoms with Crippen LogP contribution in [-0.2, 0) is 9.84 Å². The third-order valence-electron chi connectivity index (χ3n) is 2.48. The molecule has 0 saturated carbocycles. The van der Waals surface area contributed by atoms with Gasteiger partial charge in [-0.25, -0.2) is 8.42 Å². The third-order valence-corrected chi connectivity index (χ3v) is 6.16. The van der Waals surface area contributed by atoms with Crippen LogP contribution in [0.3, 0.4) is 0 Å². The molecule has 0 amide bonds. The molecule has 14 heavy (non-hydrogen) atoms. The van der Waals surface area contributed by atoms with E-state index in [9.17, 15) is 8.42 Å². The standard InChI is InChI=1S/C8H11NO2S3/c1-2-3-9-6-4-14(10,11)5-7(6)13-8(9)12/h2,6-7H,1,3-5H2. The summed E-state index contributed by atoms with van der Waals surface area (Å²) in [6.45, 7) is 4.30. The van der Waals surface area contributed by atoms with E-state index in [-0.39, 0.29) is 22.8 Å². The average molecular weight is 249 g/mol. The molecular weight excluding hydrogens is 238 g/mol. The molecule has 6 heteroatoms.